The number of hydrogen-bond donors (Lipinski definition) is 5. The van der Waals surface area contributed by atoms with Crippen LogP contribution < -0.4 is 5.32 Å². The molecule has 0 heterocycles. The average Bonchev–Trinajstić information content (AvgIpc) is 2.52. The summed E-state index contributed by atoms with van der Waals surface area (Å²) in [6.07, 6.45) is 0.0128. The van der Waals surface area contributed by atoms with E-state index in [4.69, 9.17) is 0 Å². The van der Waals surface area contributed by atoms with Crippen molar-refractivity contribution in [1.29, 1.82) is 0 Å². The number of hydrogen-bond acceptors (Lipinski definition) is 4. The first-order chi connectivity index (χ1) is 11.3. The summed E-state index contributed by atoms with van der Waals surface area (Å²) in [6, 6.07) is 12.7. The summed E-state index contributed by atoms with van der Waals surface area (Å²) in [5.41, 5.74) is 0.924. The van der Waals surface area contributed by atoms with Gasteiger partial charge in [0, 0.05) is 0 Å². The number of carboxylic acids is 1. The molecule has 0 aromatic heterocycles. The third-order valence-electron chi connectivity index (χ3n) is 3.48. The van der Waals surface area contributed by atoms with Gasteiger partial charge in [-0.2, -0.15) is 0 Å². The number of aromatic hydroxyl groups is 1. The molecule has 0 saturated heterocycles. The van der Waals surface area contributed by atoms with Gasteiger partial charge in [-0.1, -0.05) is 42.5 Å². The Morgan fingerprint density at radius 3 is 2.12 bits per heavy atom. The van der Waals surface area contributed by atoms with Crippen LogP contribution in [0.1, 0.15) is 16.9 Å². The van der Waals surface area contributed by atoms with Crippen LogP contribution in [0.15, 0.2) is 54.6 Å². The minimum absolute atomic E-state index is 0.0128. The van der Waals surface area contributed by atoms with Crippen molar-refractivity contribution in [1.82, 2.24) is 5.32 Å². The largest absolute Gasteiger partial charge is 0.508 e. The minimum Gasteiger partial charge on any atom is -0.508 e. The smallest absolute Gasteiger partial charge is 0.346 e. The van der Waals surface area contributed by atoms with Gasteiger partial charge >= 0.3 is 13.6 Å². The van der Waals surface area contributed by atoms with Crippen molar-refractivity contribution in [3.05, 3.63) is 65.7 Å². The van der Waals surface area contributed by atoms with E-state index < -0.39 is 25.4 Å². The van der Waals surface area contributed by atoms with Gasteiger partial charge < -0.3 is 20.0 Å². The van der Waals surface area contributed by atoms with Crippen LogP contribution in [-0.2, 0) is 15.8 Å². The van der Waals surface area contributed by atoms with E-state index in [1.165, 1.54) is 24.3 Å². The predicted octanol–water partition coefficient (Wildman–Crippen LogP) is 1.85. The zero-order valence-corrected chi connectivity index (χ0v) is 13.5. The summed E-state index contributed by atoms with van der Waals surface area (Å²) >= 11 is 0. The lowest BCUT2D eigenvalue weighted by molar-refractivity contribution is -0.139. The van der Waals surface area contributed by atoms with Crippen LogP contribution in [0.2, 0.25) is 0 Å². The number of nitrogens with one attached hydrogen (secondary N) is 1. The lowest BCUT2D eigenvalue weighted by atomic mass is 10.1. The quantitative estimate of drug-likeness (QED) is 0.482. The van der Waals surface area contributed by atoms with Crippen LogP contribution in [0.25, 0.3) is 0 Å². The van der Waals surface area contributed by atoms with Crippen molar-refractivity contribution in [3.8, 4) is 5.75 Å². The van der Waals surface area contributed by atoms with Gasteiger partial charge in [-0.15, -0.1) is 0 Å². The maximum absolute atomic E-state index is 11.8. The fraction of sp³-hybridized carbons (Fsp3) is 0.188. The van der Waals surface area contributed by atoms with E-state index in [0.29, 0.717) is 11.1 Å². The molecule has 128 valence electrons. The summed E-state index contributed by atoms with van der Waals surface area (Å²) in [6.45, 7) is 0. The number of rotatable bonds is 7. The molecule has 0 aliphatic carbocycles. The number of carbonyl (C=O) groups is 1. The van der Waals surface area contributed by atoms with Crippen molar-refractivity contribution in [2.24, 2.45) is 0 Å². The highest BCUT2D eigenvalue weighted by molar-refractivity contribution is 7.52. The van der Waals surface area contributed by atoms with Crippen molar-refractivity contribution < 1.29 is 29.4 Å². The van der Waals surface area contributed by atoms with Crippen LogP contribution in [0, 0.1) is 0 Å². The monoisotopic (exact) mass is 351 g/mol. The fourth-order valence-corrected chi connectivity index (χ4v) is 3.23. The lowest BCUT2D eigenvalue weighted by Crippen LogP contribution is -2.40. The normalized spacial score (nSPS) is 14.1. The van der Waals surface area contributed by atoms with Crippen LogP contribution in [-0.4, -0.2) is 32.0 Å². The van der Waals surface area contributed by atoms with Gasteiger partial charge in [0.2, 0.25) is 0 Å². The minimum atomic E-state index is -4.62. The molecule has 7 nitrogen and oxygen atoms in total. The average molecular weight is 351 g/mol. The Morgan fingerprint density at radius 2 is 1.62 bits per heavy atom. The third-order valence-corrected chi connectivity index (χ3v) is 4.60. The molecule has 24 heavy (non-hydrogen) atoms. The summed E-state index contributed by atoms with van der Waals surface area (Å²) in [4.78, 5) is 30.7. The Hall–Kier alpha value is -2.18. The third kappa shape index (κ3) is 4.91. The molecule has 2 atom stereocenters. The van der Waals surface area contributed by atoms with Crippen LogP contribution in [0.5, 0.6) is 5.75 Å². The Kier molecular flexibility index (Phi) is 5.75. The standard InChI is InChI=1S/C16H18NO6P/c18-13-8-6-11(7-9-13)10-14(16(19)20)17-15(24(21,22)23)12-4-2-1-3-5-12/h1-9,14-15,17-18H,10H2,(H,19,20)(H2,21,22,23)/t14-,15+/m1/s1. The maximum Gasteiger partial charge on any atom is 0.346 e. The van der Waals surface area contributed by atoms with E-state index in [1.54, 1.807) is 30.3 Å². The highest BCUT2D eigenvalue weighted by Gasteiger charge is 2.34. The van der Waals surface area contributed by atoms with Crippen LogP contribution in [0.4, 0.5) is 0 Å². The topological polar surface area (TPSA) is 127 Å². The van der Waals surface area contributed by atoms with E-state index in [2.05, 4.69) is 5.32 Å². The summed E-state index contributed by atoms with van der Waals surface area (Å²) in [5.74, 6) is -2.59. The van der Waals surface area contributed by atoms with Gasteiger partial charge in [0.05, 0.1) is 0 Å². The van der Waals surface area contributed by atoms with E-state index in [9.17, 15) is 29.4 Å². The van der Waals surface area contributed by atoms with Gasteiger partial charge in [0.25, 0.3) is 0 Å². The van der Waals surface area contributed by atoms with E-state index in [1.807, 2.05) is 0 Å². The second-order valence-corrected chi connectivity index (χ2v) is 7.02. The number of phenolic OH excluding ortho intramolecular Hbond substituents is 1. The molecule has 0 aliphatic rings. The molecule has 0 saturated carbocycles. The molecule has 2 rings (SSSR count). The Morgan fingerprint density at radius 1 is 1.04 bits per heavy atom. The number of phenols is 1. The molecule has 0 bridgehead atoms. The van der Waals surface area contributed by atoms with Gasteiger partial charge in [0.15, 0.2) is 0 Å². The lowest BCUT2D eigenvalue weighted by Gasteiger charge is -2.24. The van der Waals surface area contributed by atoms with Crippen molar-refractivity contribution in [3.63, 3.8) is 0 Å². The second kappa shape index (κ2) is 7.59. The summed E-state index contributed by atoms with van der Waals surface area (Å²) in [7, 11) is -4.62. The van der Waals surface area contributed by atoms with Crippen LogP contribution >= 0.6 is 7.60 Å². The summed E-state index contributed by atoms with van der Waals surface area (Å²) in [5, 5.41) is 21.2. The first-order valence-corrected chi connectivity index (χ1v) is 8.82. The molecular weight excluding hydrogens is 333 g/mol. The zero-order valence-electron chi connectivity index (χ0n) is 12.6. The fourth-order valence-electron chi connectivity index (χ4n) is 2.30. The molecule has 0 aliphatic heterocycles. The molecule has 2 aromatic carbocycles. The van der Waals surface area contributed by atoms with E-state index >= 15 is 0 Å². The molecule has 0 amide bonds. The molecule has 0 spiro atoms. The molecule has 8 heteroatoms. The molecule has 0 fully saturated rings. The first kappa shape index (κ1) is 18.2. The number of carboxylic acid groups (broad SMARTS) is 1. The maximum atomic E-state index is 11.8. The predicted molar refractivity (Wildman–Crippen MR) is 87.6 cm³/mol. The van der Waals surface area contributed by atoms with Crippen molar-refractivity contribution in [2.45, 2.75) is 18.2 Å². The number of benzene rings is 2. The Bertz CT molecular complexity index is 728. The highest BCUT2D eigenvalue weighted by atomic mass is 31.2. The molecular formula is C16H18NO6P. The molecule has 0 radical (unpaired) electrons. The van der Waals surface area contributed by atoms with E-state index in [-0.39, 0.29) is 12.2 Å². The van der Waals surface area contributed by atoms with Gasteiger partial charge in [-0.25, -0.2) is 0 Å². The van der Waals surface area contributed by atoms with Gasteiger partial charge in [0.1, 0.15) is 17.6 Å². The Labute approximate surface area is 138 Å². The van der Waals surface area contributed by atoms with Crippen molar-refractivity contribution in [2.75, 3.05) is 0 Å². The summed E-state index contributed by atoms with van der Waals surface area (Å²) < 4.78 is 11.8. The van der Waals surface area contributed by atoms with Crippen molar-refractivity contribution >= 4 is 13.6 Å². The van der Waals surface area contributed by atoms with E-state index in [0.717, 1.165) is 0 Å². The number of aliphatic carboxylic acids is 1. The molecule has 5 N–H and O–H groups in total. The SMILES string of the molecule is O=C(O)[C@@H](Cc1ccc(O)cc1)N[C@H](c1ccccc1)P(=O)(O)O. The molecule has 2 aromatic rings. The van der Waals surface area contributed by atoms with Gasteiger partial charge in [-0.3, -0.25) is 14.7 Å². The zero-order chi connectivity index (χ0) is 17.7. The highest BCUT2D eigenvalue weighted by Crippen LogP contribution is 2.50. The van der Waals surface area contributed by atoms with Crippen LogP contribution in [0.3, 0.4) is 0 Å². The molecule has 0 unspecified atom stereocenters. The second-order valence-electron chi connectivity index (χ2n) is 5.33. The van der Waals surface area contributed by atoms with Gasteiger partial charge in [-0.05, 0) is 29.7 Å². The Balaban J connectivity index is 2.24. The first-order valence-electron chi connectivity index (χ1n) is 7.14.